The molecule has 1 atom stereocenters. The Morgan fingerprint density at radius 1 is 1.30 bits per heavy atom. The smallest absolute Gasteiger partial charge is 0.0869 e. The molecule has 4 nitrogen and oxygen atoms in total. The van der Waals surface area contributed by atoms with Gasteiger partial charge in [0.25, 0.3) is 0 Å². The minimum atomic E-state index is -0.716. The van der Waals surface area contributed by atoms with Gasteiger partial charge in [-0.15, -0.1) is 0 Å². The second-order valence-electron chi connectivity index (χ2n) is 5.62. The SMILES string of the molecule is CC(O)(CNCc1ccc(Br)cc1)CN1CCOCC1. The summed E-state index contributed by atoms with van der Waals surface area (Å²) >= 11 is 3.42. The van der Waals surface area contributed by atoms with Crippen molar-refractivity contribution in [3.05, 3.63) is 34.3 Å². The quantitative estimate of drug-likeness (QED) is 0.824. The van der Waals surface area contributed by atoms with Gasteiger partial charge >= 0.3 is 0 Å². The highest BCUT2D eigenvalue weighted by Gasteiger charge is 2.24. The molecule has 0 aliphatic carbocycles. The van der Waals surface area contributed by atoms with E-state index < -0.39 is 5.60 Å². The van der Waals surface area contributed by atoms with Gasteiger partial charge in [-0.1, -0.05) is 28.1 Å². The fourth-order valence-electron chi connectivity index (χ4n) is 2.38. The first-order valence-corrected chi connectivity index (χ1v) is 7.82. The fraction of sp³-hybridized carbons (Fsp3) is 0.600. The van der Waals surface area contributed by atoms with Crippen LogP contribution in [0.5, 0.6) is 0 Å². The minimum absolute atomic E-state index is 0.584. The van der Waals surface area contributed by atoms with Gasteiger partial charge in [0.05, 0.1) is 18.8 Å². The summed E-state index contributed by atoms with van der Waals surface area (Å²) in [6.45, 7) is 7.27. The molecule has 0 bridgehead atoms. The van der Waals surface area contributed by atoms with Crippen LogP contribution in [-0.4, -0.2) is 55.0 Å². The second kappa shape index (κ2) is 7.52. The van der Waals surface area contributed by atoms with Gasteiger partial charge in [-0.25, -0.2) is 0 Å². The van der Waals surface area contributed by atoms with E-state index in [0.29, 0.717) is 13.1 Å². The average Bonchev–Trinajstić information content (AvgIpc) is 2.41. The summed E-state index contributed by atoms with van der Waals surface area (Å²) in [5.74, 6) is 0. The minimum Gasteiger partial charge on any atom is -0.388 e. The van der Waals surface area contributed by atoms with Crippen molar-refractivity contribution >= 4 is 15.9 Å². The van der Waals surface area contributed by atoms with Crippen LogP contribution in [0, 0.1) is 0 Å². The molecule has 0 aromatic heterocycles. The number of hydrogen-bond donors (Lipinski definition) is 2. The highest BCUT2D eigenvalue weighted by molar-refractivity contribution is 9.10. The van der Waals surface area contributed by atoms with Crippen LogP contribution in [0.15, 0.2) is 28.7 Å². The van der Waals surface area contributed by atoms with E-state index in [1.165, 1.54) is 5.56 Å². The Kier molecular flexibility index (Phi) is 5.99. The largest absolute Gasteiger partial charge is 0.388 e. The number of morpholine rings is 1. The summed E-state index contributed by atoms with van der Waals surface area (Å²) < 4.78 is 6.40. The number of aliphatic hydroxyl groups is 1. The van der Waals surface area contributed by atoms with Crippen molar-refractivity contribution in [3.63, 3.8) is 0 Å². The predicted molar refractivity (Wildman–Crippen MR) is 83.7 cm³/mol. The first-order valence-electron chi connectivity index (χ1n) is 7.03. The van der Waals surface area contributed by atoms with Crippen molar-refractivity contribution < 1.29 is 9.84 Å². The molecule has 0 radical (unpaired) electrons. The number of β-amino-alcohol motifs (C(OH)–C–C–N with tert-alkyl or cyclic N) is 1. The zero-order valence-electron chi connectivity index (χ0n) is 11.9. The number of hydrogen-bond acceptors (Lipinski definition) is 4. The molecule has 1 aromatic rings. The van der Waals surface area contributed by atoms with E-state index in [1.807, 2.05) is 19.1 Å². The maximum atomic E-state index is 10.4. The van der Waals surface area contributed by atoms with E-state index in [4.69, 9.17) is 4.74 Å². The molecule has 0 spiro atoms. The summed E-state index contributed by atoms with van der Waals surface area (Å²) in [5, 5.41) is 13.8. The number of halogens is 1. The van der Waals surface area contributed by atoms with Crippen LogP contribution in [0.4, 0.5) is 0 Å². The van der Waals surface area contributed by atoms with Crippen molar-refractivity contribution in [2.45, 2.75) is 19.1 Å². The van der Waals surface area contributed by atoms with Gasteiger partial charge in [0.1, 0.15) is 0 Å². The van der Waals surface area contributed by atoms with Crippen LogP contribution in [0.25, 0.3) is 0 Å². The molecule has 0 saturated carbocycles. The molecule has 112 valence electrons. The zero-order chi connectivity index (χ0) is 14.4. The molecule has 20 heavy (non-hydrogen) atoms. The van der Waals surface area contributed by atoms with Gasteiger partial charge in [-0.3, -0.25) is 4.90 Å². The molecule has 1 heterocycles. The van der Waals surface area contributed by atoms with Crippen molar-refractivity contribution in [1.29, 1.82) is 0 Å². The Bertz CT molecular complexity index is 403. The molecule has 0 amide bonds. The molecule has 1 fully saturated rings. The number of rotatable bonds is 6. The molecule has 1 aliphatic heterocycles. The van der Waals surface area contributed by atoms with Crippen LogP contribution in [0.1, 0.15) is 12.5 Å². The summed E-state index contributed by atoms with van der Waals surface area (Å²) in [7, 11) is 0. The molecule has 2 N–H and O–H groups in total. The highest BCUT2D eigenvalue weighted by atomic mass is 79.9. The Morgan fingerprint density at radius 3 is 2.60 bits per heavy atom. The molecule has 1 unspecified atom stereocenters. The van der Waals surface area contributed by atoms with Gasteiger partial charge in [0, 0.05) is 37.2 Å². The summed E-state index contributed by atoms with van der Waals surface area (Å²) in [6.07, 6.45) is 0. The van der Waals surface area contributed by atoms with Gasteiger partial charge in [-0.2, -0.15) is 0 Å². The molecule has 1 saturated heterocycles. The Morgan fingerprint density at radius 2 is 1.95 bits per heavy atom. The first kappa shape index (κ1) is 15.9. The van der Waals surface area contributed by atoms with Gasteiger partial charge in [0.2, 0.25) is 0 Å². The molecule has 1 aliphatic rings. The third-order valence-corrected chi connectivity index (χ3v) is 3.94. The summed E-state index contributed by atoms with van der Waals surface area (Å²) in [6, 6.07) is 8.22. The lowest BCUT2D eigenvalue weighted by atomic mass is 10.1. The lowest BCUT2D eigenvalue weighted by molar-refractivity contribution is -0.0219. The first-order chi connectivity index (χ1) is 9.55. The Labute approximate surface area is 129 Å². The normalized spacial score (nSPS) is 19.8. The molecular formula is C15H23BrN2O2. The predicted octanol–water partition coefficient (Wildman–Crippen LogP) is 1.62. The monoisotopic (exact) mass is 342 g/mol. The average molecular weight is 343 g/mol. The lowest BCUT2D eigenvalue weighted by Gasteiger charge is -2.34. The van der Waals surface area contributed by atoms with E-state index in [1.54, 1.807) is 0 Å². The van der Waals surface area contributed by atoms with Crippen LogP contribution < -0.4 is 5.32 Å². The van der Waals surface area contributed by atoms with E-state index >= 15 is 0 Å². The maximum absolute atomic E-state index is 10.4. The van der Waals surface area contributed by atoms with Crippen LogP contribution in [0.2, 0.25) is 0 Å². The van der Waals surface area contributed by atoms with Gasteiger partial charge in [-0.05, 0) is 24.6 Å². The number of nitrogens with one attached hydrogen (secondary N) is 1. The molecular weight excluding hydrogens is 320 g/mol. The lowest BCUT2D eigenvalue weighted by Crippen LogP contribution is -2.50. The molecule has 5 heteroatoms. The van der Waals surface area contributed by atoms with Crippen LogP contribution in [-0.2, 0) is 11.3 Å². The topological polar surface area (TPSA) is 44.7 Å². The Hall–Kier alpha value is -0.460. The van der Waals surface area contributed by atoms with E-state index in [-0.39, 0.29) is 0 Å². The van der Waals surface area contributed by atoms with E-state index in [9.17, 15) is 5.11 Å². The van der Waals surface area contributed by atoms with Crippen molar-refractivity contribution in [3.8, 4) is 0 Å². The third kappa shape index (κ3) is 5.50. The number of ether oxygens (including phenoxy) is 1. The maximum Gasteiger partial charge on any atom is 0.0869 e. The highest BCUT2D eigenvalue weighted by Crippen LogP contribution is 2.11. The van der Waals surface area contributed by atoms with E-state index in [0.717, 1.165) is 37.3 Å². The van der Waals surface area contributed by atoms with Crippen LogP contribution in [0.3, 0.4) is 0 Å². The number of benzene rings is 1. The van der Waals surface area contributed by atoms with Gasteiger partial charge in [0.15, 0.2) is 0 Å². The van der Waals surface area contributed by atoms with Gasteiger partial charge < -0.3 is 15.2 Å². The Balaban J connectivity index is 1.72. The van der Waals surface area contributed by atoms with Crippen molar-refractivity contribution in [1.82, 2.24) is 10.2 Å². The standard InChI is InChI=1S/C15H23BrN2O2/c1-15(19,12-18-6-8-20-9-7-18)11-17-10-13-2-4-14(16)5-3-13/h2-5,17,19H,6-12H2,1H3. The van der Waals surface area contributed by atoms with Crippen molar-refractivity contribution in [2.75, 3.05) is 39.4 Å². The zero-order valence-corrected chi connectivity index (χ0v) is 13.5. The number of nitrogens with zero attached hydrogens (tertiary/aromatic N) is 1. The second-order valence-corrected chi connectivity index (χ2v) is 6.53. The van der Waals surface area contributed by atoms with Crippen molar-refractivity contribution in [2.24, 2.45) is 0 Å². The molecule has 2 rings (SSSR count). The molecule has 1 aromatic carbocycles. The third-order valence-electron chi connectivity index (χ3n) is 3.42. The van der Waals surface area contributed by atoms with Crippen LogP contribution >= 0.6 is 15.9 Å². The summed E-state index contributed by atoms with van der Waals surface area (Å²) in [4.78, 5) is 2.25. The van der Waals surface area contributed by atoms with E-state index in [2.05, 4.69) is 38.3 Å². The summed E-state index contributed by atoms with van der Waals surface area (Å²) in [5.41, 5.74) is 0.502. The fourth-order valence-corrected chi connectivity index (χ4v) is 2.64.